The van der Waals surface area contributed by atoms with Crippen LogP contribution in [0.5, 0.6) is 0 Å². The van der Waals surface area contributed by atoms with Crippen LogP contribution < -0.4 is 0 Å². The number of allylic oxidation sites excluding steroid dienone is 3. The van der Waals surface area contributed by atoms with Crippen LogP contribution in [0.2, 0.25) is 0 Å². The molecular formula is C14H16O2. The van der Waals surface area contributed by atoms with Crippen LogP contribution >= 0.6 is 0 Å². The topological polar surface area (TPSA) is 26.3 Å². The summed E-state index contributed by atoms with van der Waals surface area (Å²) < 4.78 is 4.90. The number of rotatable bonds is 4. The minimum absolute atomic E-state index is 0.286. The predicted molar refractivity (Wildman–Crippen MR) is 66.2 cm³/mol. The average molecular weight is 216 g/mol. The van der Waals surface area contributed by atoms with Crippen LogP contribution in [-0.4, -0.2) is 12.6 Å². The molecule has 1 rings (SSSR count). The lowest BCUT2D eigenvalue weighted by molar-refractivity contribution is 0.0526. The molecule has 0 spiro atoms. The van der Waals surface area contributed by atoms with Crippen molar-refractivity contribution in [2.75, 3.05) is 6.61 Å². The van der Waals surface area contributed by atoms with Gasteiger partial charge in [0.15, 0.2) is 0 Å². The van der Waals surface area contributed by atoms with Crippen LogP contribution in [0.25, 0.3) is 5.57 Å². The summed E-state index contributed by atoms with van der Waals surface area (Å²) >= 11 is 0. The highest BCUT2D eigenvalue weighted by Gasteiger charge is 2.05. The van der Waals surface area contributed by atoms with E-state index < -0.39 is 0 Å². The Kier molecular flexibility index (Phi) is 4.52. The first-order valence-corrected chi connectivity index (χ1v) is 5.28. The Labute approximate surface area is 96.2 Å². The number of carbonyl (C=O) groups excluding carboxylic acids is 1. The lowest BCUT2D eigenvalue weighted by Crippen LogP contribution is -2.04. The van der Waals surface area contributed by atoms with Gasteiger partial charge in [0.2, 0.25) is 0 Å². The number of hydrogen-bond acceptors (Lipinski definition) is 2. The quantitative estimate of drug-likeness (QED) is 0.569. The molecule has 84 valence electrons. The van der Waals surface area contributed by atoms with Gasteiger partial charge in [-0.25, -0.2) is 4.79 Å². The summed E-state index contributed by atoms with van der Waals surface area (Å²) in [5.74, 6) is -0.286. The van der Waals surface area contributed by atoms with E-state index in [4.69, 9.17) is 4.74 Å². The number of hydrogen-bond donors (Lipinski definition) is 0. The van der Waals surface area contributed by atoms with E-state index in [0.29, 0.717) is 12.2 Å². The first-order chi connectivity index (χ1) is 7.69. The molecule has 0 aliphatic rings. The molecule has 0 bridgehead atoms. The van der Waals surface area contributed by atoms with Gasteiger partial charge in [-0.2, -0.15) is 0 Å². The van der Waals surface area contributed by atoms with Gasteiger partial charge in [0, 0.05) is 0 Å². The Bertz CT molecular complexity index is 399. The minimum atomic E-state index is -0.286. The molecule has 0 saturated carbocycles. The molecule has 0 amide bonds. The molecule has 16 heavy (non-hydrogen) atoms. The van der Waals surface area contributed by atoms with Crippen LogP contribution in [-0.2, 0) is 4.74 Å². The molecule has 0 unspecified atom stereocenters. The zero-order chi connectivity index (χ0) is 12.0. The molecule has 1 aromatic carbocycles. The van der Waals surface area contributed by atoms with Crippen LogP contribution in [0.4, 0.5) is 0 Å². The van der Waals surface area contributed by atoms with Crippen LogP contribution in [0.15, 0.2) is 43.0 Å². The summed E-state index contributed by atoms with van der Waals surface area (Å²) in [6.45, 7) is 8.05. The van der Waals surface area contributed by atoms with Gasteiger partial charge in [0.25, 0.3) is 0 Å². The van der Waals surface area contributed by atoms with Crippen molar-refractivity contribution in [1.29, 1.82) is 0 Å². The Morgan fingerprint density at radius 3 is 2.38 bits per heavy atom. The smallest absolute Gasteiger partial charge is 0.338 e. The van der Waals surface area contributed by atoms with Gasteiger partial charge in [-0.15, -0.1) is 0 Å². The van der Waals surface area contributed by atoms with Gasteiger partial charge in [-0.1, -0.05) is 30.9 Å². The molecule has 2 heteroatoms. The van der Waals surface area contributed by atoms with Crippen LogP contribution in [0.3, 0.4) is 0 Å². The molecule has 0 aromatic heterocycles. The normalized spacial score (nSPS) is 10.4. The van der Waals surface area contributed by atoms with E-state index in [1.165, 1.54) is 0 Å². The van der Waals surface area contributed by atoms with Crippen molar-refractivity contribution in [3.8, 4) is 0 Å². The molecule has 0 heterocycles. The fraction of sp³-hybridized carbons (Fsp3) is 0.214. The van der Waals surface area contributed by atoms with E-state index >= 15 is 0 Å². The largest absolute Gasteiger partial charge is 0.462 e. The summed E-state index contributed by atoms with van der Waals surface area (Å²) in [5, 5.41) is 0. The maximum atomic E-state index is 11.4. The second-order valence-corrected chi connectivity index (χ2v) is 3.32. The number of ether oxygens (including phenoxy) is 1. The molecule has 1 aromatic rings. The third kappa shape index (κ3) is 3.09. The molecule has 0 radical (unpaired) electrons. The van der Waals surface area contributed by atoms with E-state index in [9.17, 15) is 4.79 Å². The highest BCUT2D eigenvalue weighted by molar-refractivity contribution is 5.90. The zero-order valence-corrected chi connectivity index (χ0v) is 9.69. The van der Waals surface area contributed by atoms with Crippen LogP contribution in [0, 0.1) is 0 Å². The third-order valence-electron chi connectivity index (χ3n) is 2.13. The van der Waals surface area contributed by atoms with E-state index in [1.54, 1.807) is 19.1 Å². The highest BCUT2D eigenvalue weighted by atomic mass is 16.5. The Morgan fingerprint density at radius 1 is 1.31 bits per heavy atom. The maximum Gasteiger partial charge on any atom is 0.338 e. The van der Waals surface area contributed by atoms with Crippen molar-refractivity contribution in [2.24, 2.45) is 0 Å². The molecular weight excluding hydrogens is 200 g/mol. The number of esters is 1. The van der Waals surface area contributed by atoms with Gasteiger partial charge < -0.3 is 4.74 Å². The summed E-state index contributed by atoms with van der Waals surface area (Å²) in [5.41, 5.74) is 2.50. The van der Waals surface area contributed by atoms with E-state index in [-0.39, 0.29) is 5.97 Å². The van der Waals surface area contributed by atoms with Gasteiger partial charge in [-0.05, 0) is 37.1 Å². The first-order valence-electron chi connectivity index (χ1n) is 5.28. The van der Waals surface area contributed by atoms with Crippen LogP contribution in [0.1, 0.15) is 29.8 Å². The highest BCUT2D eigenvalue weighted by Crippen LogP contribution is 2.15. The fourth-order valence-corrected chi connectivity index (χ4v) is 1.33. The van der Waals surface area contributed by atoms with E-state index in [2.05, 4.69) is 6.58 Å². The van der Waals surface area contributed by atoms with Crippen molar-refractivity contribution >= 4 is 11.5 Å². The molecule has 0 saturated heterocycles. The molecule has 0 aliphatic heterocycles. The fourth-order valence-electron chi connectivity index (χ4n) is 1.33. The zero-order valence-electron chi connectivity index (χ0n) is 9.69. The molecule has 0 aliphatic carbocycles. The average Bonchev–Trinajstić information content (AvgIpc) is 2.30. The maximum absolute atomic E-state index is 11.4. The summed E-state index contributed by atoms with van der Waals surface area (Å²) in [6.07, 6.45) is 3.86. The molecule has 0 atom stereocenters. The lowest BCUT2D eigenvalue weighted by atomic mass is 10.1. The number of benzene rings is 1. The second kappa shape index (κ2) is 5.91. The Balaban J connectivity index is 2.83. The predicted octanol–water partition coefficient (Wildman–Crippen LogP) is 3.45. The van der Waals surface area contributed by atoms with Crippen molar-refractivity contribution in [3.05, 3.63) is 54.1 Å². The standard InChI is InChI=1S/C14H16O2/c1-4-6-11(3)12-7-9-13(10-8-12)14(15)16-5-2/h4,6-10H,3,5H2,1-2H3/b6-4+. The minimum Gasteiger partial charge on any atom is -0.462 e. The van der Waals surface area contributed by atoms with Crippen molar-refractivity contribution in [2.45, 2.75) is 13.8 Å². The molecule has 0 fully saturated rings. The summed E-state index contributed by atoms with van der Waals surface area (Å²) in [7, 11) is 0. The summed E-state index contributed by atoms with van der Waals surface area (Å²) in [6, 6.07) is 7.24. The molecule has 0 N–H and O–H groups in total. The van der Waals surface area contributed by atoms with E-state index in [0.717, 1.165) is 11.1 Å². The van der Waals surface area contributed by atoms with Gasteiger partial charge in [-0.3, -0.25) is 0 Å². The van der Waals surface area contributed by atoms with Crippen molar-refractivity contribution < 1.29 is 9.53 Å². The van der Waals surface area contributed by atoms with E-state index in [1.807, 2.05) is 31.2 Å². The third-order valence-corrected chi connectivity index (χ3v) is 2.13. The second-order valence-electron chi connectivity index (χ2n) is 3.32. The van der Waals surface area contributed by atoms with Crippen molar-refractivity contribution in [1.82, 2.24) is 0 Å². The van der Waals surface area contributed by atoms with Gasteiger partial charge in [0.1, 0.15) is 0 Å². The monoisotopic (exact) mass is 216 g/mol. The number of carbonyl (C=O) groups is 1. The van der Waals surface area contributed by atoms with Gasteiger partial charge in [0.05, 0.1) is 12.2 Å². The summed E-state index contributed by atoms with van der Waals surface area (Å²) in [4.78, 5) is 11.4. The lowest BCUT2D eigenvalue weighted by Gasteiger charge is -2.03. The molecule has 2 nitrogen and oxygen atoms in total. The van der Waals surface area contributed by atoms with Gasteiger partial charge >= 0.3 is 5.97 Å². The Hall–Kier alpha value is -1.83. The first kappa shape index (κ1) is 12.2. The van der Waals surface area contributed by atoms with Crippen molar-refractivity contribution in [3.63, 3.8) is 0 Å². The Morgan fingerprint density at radius 2 is 1.88 bits per heavy atom. The SMILES string of the molecule is C=C(/C=C/C)c1ccc(C(=O)OCC)cc1.